The van der Waals surface area contributed by atoms with E-state index in [1.54, 1.807) is 26.0 Å². The average molecular weight is 658 g/mol. The van der Waals surface area contributed by atoms with E-state index in [0.29, 0.717) is 24.0 Å². The lowest BCUT2D eigenvalue weighted by molar-refractivity contribution is -0.144. The van der Waals surface area contributed by atoms with Crippen LogP contribution in [-0.2, 0) is 47.0 Å². The average Bonchev–Trinajstić information content (AvgIpc) is 3.90. The van der Waals surface area contributed by atoms with Gasteiger partial charge in [-0.05, 0) is 48.8 Å². The van der Waals surface area contributed by atoms with Crippen LogP contribution in [0.2, 0.25) is 0 Å². The summed E-state index contributed by atoms with van der Waals surface area (Å²) in [6, 6.07) is 3.52. The Balaban J connectivity index is 1.35. The standard InChI is InChI=1S/C33H40FN3O8S/c1-5-21-14-33(21,31(41)35-46(43,44)24-10-11-24)15-29(39)28-13-23(17-37(28)30(40)25(19(3)4)12-22(38)6-2)45-32(42)36-16-20-8-7-9-27(34)26(20)18-36/h5-9,19,21,23-25,28H,1-2,10-18H2,3-4H3,(H,35,41)/t21-,23?,25-,28+,33-/m1/s1. The van der Waals surface area contributed by atoms with E-state index in [2.05, 4.69) is 17.9 Å². The van der Waals surface area contributed by atoms with Gasteiger partial charge in [-0.25, -0.2) is 17.6 Å². The first-order valence-electron chi connectivity index (χ1n) is 15.6. The summed E-state index contributed by atoms with van der Waals surface area (Å²) < 4.78 is 47.3. The molecule has 3 amide bonds. The Labute approximate surface area is 268 Å². The summed E-state index contributed by atoms with van der Waals surface area (Å²) in [6.45, 7) is 10.8. The van der Waals surface area contributed by atoms with Crippen LogP contribution in [-0.4, -0.2) is 71.6 Å². The number of amides is 3. The number of benzene rings is 1. The molecular formula is C33H40FN3O8S. The zero-order valence-electron chi connectivity index (χ0n) is 26.1. The molecule has 1 unspecified atom stereocenters. The number of allylic oxidation sites excluding steroid dienone is 2. The van der Waals surface area contributed by atoms with E-state index in [1.165, 1.54) is 21.9 Å². The zero-order valence-corrected chi connectivity index (χ0v) is 26.9. The molecule has 2 aliphatic heterocycles. The van der Waals surface area contributed by atoms with Crippen LogP contribution in [0.4, 0.5) is 9.18 Å². The van der Waals surface area contributed by atoms with E-state index < -0.39 is 74.2 Å². The first-order valence-corrected chi connectivity index (χ1v) is 17.1. The number of ketones is 2. The maximum absolute atomic E-state index is 14.3. The van der Waals surface area contributed by atoms with Crippen molar-refractivity contribution >= 4 is 39.5 Å². The molecule has 5 rings (SSSR count). The quantitative estimate of drug-likeness (QED) is 0.251. The summed E-state index contributed by atoms with van der Waals surface area (Å²) in [5.74, 6) is -3.97. The van der Waals surface area contributed by atoms with Gasteiger partial charge in [0, 0.05) is 37.3 Å². The van der Waals surface area contributed by atoms with Crippen molar-refractivity contribution in [1.82, 2.24) is 14.5 Å². The van der Waals surface area contributed by atoms with Gasteiger partial charge in [0.15, 0.2) is 11.6 Å². The Morgan fingerprint density at radius 3 is 2.46 bits per heavy atom. The van der Waals surface area contributed by atoms with Crippen LogP contribution in [0.25, 0.3) is 0 Å². The Hall–Kier alpha value is -3.87. The molecule has 0 radical (unpaired) electrons. The van der Waals surface area contributed by atoms with Crippen LogP contribution in [0, 0.1) is 29.0 Å². The fourth-order valence-corrected chi connectivity index (χ4v) is 7.97. The molecule has 5 atom stereocenters. The van der Waals surface area contributed by atoms with Gasteiger partial charge in [-0.3, -0.25) is 28.8 Å². The third-order valence-electron chi connectivity index (χ3n) is 9.70. The number of carbonyl (C=O) groups is 5. The lowest BCUT2D eigenvalue weighted by Gasteiger charge is -2.30. The second-order valence-electron chi connectivity index (χ2n) is 13.2. The summed E-state index contributed by atoms with van der Waals surface area (Å²) in [5.41, 5.74) is -0.268. The maximum Gasteiger partial charge on any atom is 0.410 e. The molecule has 2 aliphatic carbocycles. The van der Waals surface area contributed by atoms with Gasteiger partial charge < -0.3 is 9.64 Å². The van der Waals surface area contributed by atoms with Gasteiger partial charge in [-0.2, -0.15) is 0 Å². The molecule has 1 aromatic rings. The number of ether oxygens (including phenoxy) is 1. The third-order valence-corrected chi connectivity index (χ3v) is 11.5. The normalized spacial score (nSPS) is 25.9. The molecule has 248 valence electrons. The minimum atomic E-state index is -3.86. The second kappa shape index (κ2) is 12.7. The van der Waals surface area contributed by atoms with Crippen molar-refractivity contribution < 1.29 is 41.5 Å². The van der Waals surface area contributed by atoms with E-state index in [0.717, 1.165) is 6.08 Å². The Kier molecular flexibility index (Phi) is 9.27. The first-order chi connectivity index (χ1) is 21.7. The highest BCUT2D eigenvalue weighted by Gasteiger charge is 2.61. The number of hydrogen-bond donors (Lipinski definition) is 1. The molecule has 0 aromatic heterocycles. The Bertz CT molecular complexity index is 1590. The predicted octanol–water partition coefficient (Wildman–Crippen LogP) is 3.42. The second-order valence-corrected chi connectivity index (χ2v) is 15.2. The van der Waals surface area contributed by atoms with E-state index >= 15 is 0 Å². The SMILES string of the molecule is C=CC(=O)C[C@@H](C(=O)N1CC(OC(=O)N2Cc3cccc(F)c3C2)C[C@H]1C(=O)C[C@]1(C(=O)NS(=O)(=O)C2CC2)C[C@H]1C=C)C(C)C. The number of Topliss-reactive ketones (excluding diaryl/α,β-unsaturated/α-hetero) is 1. The fourth-order valence-electron chi connectivity index (χ4n) is 6.59. The van der Waals surface area contributed by atoms with Crippen molar-refractivity contribution in [2.75, 3.05) is 6.54 Å². The summed E-state index contributed by atoms with van der Waals surface area (Å²) in [6.07, 6.45) is 1.67. The molecule has 1 saturated heterocycles. The highest BCUT2D eigenvalue weighted by molar-refractivity contribution is 7.90. The highest BCUT2D eigenvalue weighted by atomic mass is 32.2. The number of fused-ring (bicyclic) bond motifs is 1. The van der Waals surface area contributed by atoms with Crippen LogP contribution in [0.3, 0.4) is 0 Å². The molecule has 4 aliphatic rings. The van der Waals surface area contributed by atoms with Gasteiger partial charge in [-0.1, -0.05) is 38.6 Å². The predicted molar refractivity (Wildman–Crippen MR) is 165 cm³/mol. The molecule has 46 heavy (non-hydrogen) atoms. The number of nitrogens with one attached hydrogen (secondary N) is 1. The molecule has 0 spiro atoms. The van der Waals surface area contributed by atoms with E-state index in [4.69, 9.17) is 4.74 Å². The van der Waals surface area contributed by atoms with Gasteiger partial charge in [-0.15, -0.1) is 6.58 Å². The molecule has 1 N–H and O–H groups in total. The third kappa shape index (κ3) is 6.65. The number of sulfonamides is 1. The lowest BCUT2D eigenvalue weighted by Crippen LogP contribution is -2.47. The van der Waals surface area contributed by atoms with Crippen molar-refractivity contribution in [2.24, 2.45) is 23.2 Å². The number of hydrogen-bond acceptors (Lipinski definition) is 8. The van der Waals surface area contributed by atoms with Crippen LogP contribution < -0.4 is 4.72 Å². The van der Waals surface area contributed by atoms with Gasteiger partial charge in [0.05, 0.1) is 29.8 Å². The van der Waals surface area contributed by atoms with Gasteiger partial charge in [0.1, 0.15) is 11.9 Å². The summed E-state index contributed by atoms with van der Waals surface area (Å²) in [7, 11) is -3.86. The molecule has 0 bridgehead atoms. The zero-order chi connectivity index (χ0) is 33.6. The number of rotatable bonds is 13. The molecule has 11 nitrogen and oxygen atoms in total. The Morgan fingerprint density at radius 1 is 1.15 bits per heavy atom. The summed E-state index contributed by atoms with van der Waals surface area (Å²) in [4.78, 5) is 69.4. The Morgan fingerprint density at radius 2 is 1.87 bits per heavy atom. The lowest BCUT2D eigenvalue weighted by atomic mass is 9.88. The molecule has 3 fully saturated rings. The van der Waals surface area contributed by atoms with Crippen LogP contribution in [0.1, 0.15) is 63.5 Å². The number of nitrogens with zero attached hydrogens (tertiary/aromatic N) is 2. The van der Waals surface area contributed by atoms with E-state index in [1.807, 2.05) is 0 Å². The fraction of sp³-hybridized carbons (Fsp3) is 0.545. The molecule has 13 heteroatoms. The smallest absolute Gasteiger partial charge is 0.410 e. The largest absolute Gasteiger partial charge is 0.444 e. The molecule has 2 heterocycles. The molecule has 2 saturated carbocycles. The van der Waals surface area contributed by atoms with Crippen LogP contribution in [0.15, 0.2) is 43.5 Å². The van der Waals surface area contributed by atoms with Crippen molar-refractivity contribution in [3.63, 3.8) is 0 Å². The minimum Gasteiger partial charge on any atom is -0.444 e. The maximum atomic E-state index is 14.3. The van der Waals surface area contributed by atoms with Gasteiger partial charge >= 0.3 is 6.09 Å². The highest BCUT2D eigenvalue weighted by Crippen LogP contribution is 2.57. The van der Waals surface area contributed by atoms with Crippen molar-refractivity contribution in [1.29, 1.82) is 0 Å². The van der Waals surface area contributed by atoms with E-state index in [9.17, 15) is 36.8 Å². The van der Waals surface area contributed by atoms with E-state index in [-0.39, 0.29) is 57.0 Å². The van der Waals surface area contributed by atoms with Gasteiger partial charge in [0.2, 0.25) is 21.8 Å². The van der Waals surface area contributed by atoms with Crippen LogP contribution >= 0.6 is 0 Å². The first kappa shape index (κ1) is 33.5. The number of carbonyl (C=O) groups excluding carboxylic acids is 5. The minimum absolute atomic E-state index is 0.0159. The van der Waals surface area contributed by atoms with Crippen LogP contribution in [0.5, 0.6) is 0 Å². The van der Waals surface area contributed by atoms with Crippen molar-refractivity contribution in [3.05, 3.63) is 60.5 Å². The van der Waals surface area contributed by atoms with Crippen molar-refractivity contribution in [2.45, 2.75) is 82.9 Å². The molecular weight excluding hydrogens is 617 g/mol. The molecule has 1 aromatic carbocycles. The topological polar surface area (TPSA) is 147 Å². The number of likely N-dealkylation sites (tertiary alicyclic amines) is 1. The van der Waals surface area contributed by atoms with Gasteiger partial charge in [0.25, 0.3) is 0 Å². The number of halogens is 1. The summed E-state index contributed by atoms with van der Waals surface area (Å²) >= 11 is 0. The summed E-state index contributed by atoms with van der Waals surface area (Å²) in [5, 5.41) is -0.630. The monoisotopic (exact) mass is 657 g/mol. The van der Waals surface area contributed by atoms with Crippen molar-refractivity contribution in [3.8, 4) is 0 Å².